The molecule has 1 aromatic rings. The summed E-state index contributed by atoms with van der Waals surface area (Å²) in [6, 6.07) is 7.15. The minimum Gasteiger partial charge on any atom is -0.493 e. The second-order valence-corrected chi connectivity index (χ2v) is 4.72. The van der Waals surface area contributed by atoms with E-state index >= 15 is 0 Å². The van der Waals surface area contributed by atoms with Gasteiger partial charge in [-0.1, -0.05) is 32.4 Å². The number of rotatable bonds is 4. The predicted molar refractivity (Wildman–Crippen MR) is 71.6 cm³/mol. The highest BCUT2D eigenvalue weighted by atomic mass is 16.5. The Morgan fingerprint density at radius 3 is 3.00 bits per heavy atom. The molecule has 17 heavy (non-hydrogen) atoms. The van der Waals surface area contributed by atoms with Crippen LogP contribution in [0, 0.1) is 0 Å². The fourth-order valence-electron chi connectivity index (χ4n) is 2.53. The van der Waals surface area contributed by atoms with Crippen LogP contribution in [-0.4, -0.2) is 13.2 Å². The molecule has 2 rings (SSSR count). The van der Waals surface area contributed by atoms with Crippen LogP contribution in [0.15, 0.2) is 18.2 Å². The van der Waals surface area contributed by atoms with Crippen molar-refractivity contribution in [3.05, 3.63) is 29.3 Å². The van der Waals surface area contributed by atoms with Gasteiger partial charge in [0.2, 0.25) is 0 Å². The van der Waals surface area contributed by atoms with Crippen LogP contribution in [0.3, 0.4) is 0 Å². The summed E-state index contributed by atoms with van der Waals surface area (Å²) >= 11 is 0. The number of fused-ring (bicyclic) bond motifs is 1. The van der Waals surface area contributed by atoms with Crippen LogP contribution in [0.1, 0.15) is 50.3 Å². The van der Waals surface area contributed by atoms with Gasteiger partial charge in [0.25, 0.3) is 0 Å². The second kappa shape index (κ2) is 6.06. The summed E-state index contributed by atoms with van der Waals surface area (Å²) in [7, 11) is 0. The number of benzene rings is 1. The van der Waals surface area contributed by atoms with Crippen molar-refractivity contribution in [2.75, 3.05) is 13.2 Å². The summed E-state index contributed by atoms with van der Waals surface area (Å²) in [6.45, 7) is 6.26. The second-order valence-electron chi connectivity index (χ2n) is 4.72. The van der Waals surface area contributed by atoms with Crippen molar-refractivity contribution in [1.82, 2.24) is 5.32 Å². The van der Waals surface area contributed by atoms with E-state index in [1.54, 1.807) is 0 Å². The van der Waals surface area contributed by atoms with Gasteiger partial charge in [-0.15, -0.1) is 0 Å². The molecule has 0 bridgehead atoms. The summed E-state index contributed by atoms with van der Waals surface area (Å²) in [6.07, 6.45) is 4.67. The Kier molecular flexibility index (Phi) is 4.43. The molecule has 0 spiro atoms. The minimum atomic E-state index is 0.467. The van der Waals surface area contributed by atoms with Crippen LogP contribution >= 0.6 is 0 Å². The molecule has 1 N–H and O–H groups in total. The number of hydrogen-bond acceptors (Lipinski definition) is 2. The molecule has 2 heteroatoms. The van der Waals surface area contributed by atoms with Gasteiger partial charge in [-0.3, -0.25) is 0 Å². The molecule has 1 atom stereocenters. The Bertz CT molecular complexity index is 362. The molecule has 1 heterocycles. The molecule has 0 saturated carbocycles. The molecule has 2 nitrogen and oxygen atoms in total. The Labute approximate surface area is 104 Å². The average Bonchev–Trinajstić information content (AvgIpc) is 2.53. The lowest BCUT2D eigenvalue weighted by molar-refractivity contribution is 0.315. The van der Waals surface area contributed by atoms with Crippen molar-refractivity contribution in [2.24, 2.45) is 0 Å². The molecular weight excluding hydrogens is 210 g/mol. The van der Waals surface area contributed by atoms with E-state index in [0.29, 0.717) is 6.04 Å². The van der Waals surface area contributed by atoms with Gasteiger partial charge >= 0.3 is 0 Å². The van der Waals surface area contributed by atoms with Crippen molar-refractivity contribution in [3.63, 3.8) is 0 Å². The molecule has 94 valence electrons. The maximum atomic E-state index is 5.82. The van der Waals surface area contributed by atoms with E-state index in [9.17, 15) is 0 Å². The van der Waals surface area contributed by atoms with Crippen LogP contribution in [0.2, 0.25) is 0 Å². The third kappa shape index (κ3) is 3.01. The third-order valence-electron chi connectivity index (χ3n) is 3.33. The number of ether oxygens (including phenoxy) is 1. The van der Waals surface area contributed by atoms with Crippen molar-refractivity contribution in [3.8, 4) is 5.75 Å². The van der Waals surface area contributed by atoms with Gasteiger partial charge in [0.05, 0.1) is 6.61 Å². The SMILES string of the molecule is CCCc1ccc2c(c1)C(NCC)CCCO2. The van der Waals surface area contributed by atoms with Gasteiger partial charge in [0, 0.05) is 11.6 Å². The summed E-state index contributed by atoms with van der Waals surface area (Å²) in [5, 5.41) is 3.57. The van der Waals surface area contributed by atoms with E-state index in [2.05, 4.69) is 37.4 Å². The van der Waals surface area contributed by atoms with Gasteiger partial charge in [-0.2, -0.15) is 0 Å². The van der Waals surface area contributed by atoms with Crippen LogP contribution in [0.25, 0.3) is 0 Å². The molecule has 1 aliphatic heterocycles. The van der Waals surface area contributed by atoms with Crippen molar-refractivity contribution in [1.29, 1.82) is 0 Å². The molecule has 0 amide bonds. The minimum absolute atomic E-state index is 0.467. The zero-order valence-electron chi connectivity index (χ0n) is 11.0. The highest BCUT2D eigenvalue weighted by Crippen LogP contribution is 2.32. The average molecular weight is 233 g/mol. The molecule has 0 saturated heterocycles. The number of hydrogen-bond donors (Lipinski definition) is 1. The Morgan fingerprint density at radius 2 is 2.24 bits per heavy atom. The van der Waals surface area contributed by atoms with Crippen LogP contribution < -0.4 is 10.1 Å². The van der Waals surface area contributed by atoms with E-state index in [1.807, 2.05) is 0 Å². The number of aryl methyl sites for hydroxylation is 1. The quantitative estimate of drug-likeness (QED) is 0.860. The lowest BCUT2D eigenvalue weighted by Gasteiger charge is -2.18. The molecule has 0 aliphatic carbocycles. The predicted octanol–water partition coefficient (Wildman–Crippen LogP) is 3.46. The van der Waals surface area contributed by atoms with Gasteiger partial charge in [-0.05, 0) is 37.4 Å². The Hall–Kier alpha value is -1.02. The summed E-state index contributed by atoms with van der Waals surface area (Å²) in [4.78, 5) is 0. The Balaban J connectivity index is 2.28. The molecule has 1 unspecified atom stereocenters. The van der Waals surface area contributed by atoms with E-state index in [1.165, 1.54) is 24.0 Å². The molecular formula is C15H23NO. The zero-order chi connectivity index (χ0) is 12.1. The topological polar surface area (TPSA) is 21.3 Å². The lowest BCUT2D eigenvalue weighted by atomic mass is 9.98. The van der Waals surface area contributed by atoms with Gasteiger partial charge in [0.1, 0.15) is 5.75 Å². The van der Waals surface area contributed by atoms with E-state index in [-0.39, 0.29) is 0 Å². The fraction of sp³-hybridized carbons (Fsp3) is 0.600. The fourth-order valence-corrected chi connectivity index (χ4v) is 2.53. The molecule has 0 fully saturated rings. The van der Waals surface area contributed by atoms with Gasteiger partial charge in [0.15, 0.2) is 0 Å². The third-order valence-corrected chi connectivity index (χ3v) is 3.33. The molecule has 1 aliphatic rings. The molecule has 0 aromatic heterocycles. The highest BCUT2D eigenvalue weighted by Gasteiger charge is 2.18. The van der Waals surface area contributed by atoms with Crippen LogP contribution in [0.5, 0.6) is 5.75 Å². The normalized spacial score (nSPS) is 19.3. The van der Waals surface area contributed by atoms with E-state index < -0.39 is 0 Å². The Morgan fingerprint density at radius 1 is 1.35 bits per heavy atom. The first-order valence-corrected chi connectivity index (χ1v) is 6.84. The first-order valence-electron chi connectivity index (χ1n) is 6.84. The van der Waals surface area contributed by atoms with E-state index in [4.69, 9.17) is 4.74 Å². The molecule has 0 radical (unpaired) electrons. The smallest absolute Gasteiger partial charge is 0.124 e. The van der Waals surface area contributed by atoms with Gasteiger partial charge < -0.3 is 10.1 Å². The molecule has 1 aromatic carbocycles. The first-order chi connectivity index (χ1) is 8.35. The van der Waals surface area contributed by atoms with Gasteiger partial charge in [-0.25, -0.2) is 0 Å². The maximum absolute atomic E-state index is 5.82. The summed E-state index contributed by atoms with van der Waals surface area (Å²) in [5.41, 5.74) is 2.79. The van der Waals surface area contributed by atoms with Crippen molar-refractivity contribution >= 4 is 0 Å². The highest BCUT2D eigenvalue weighted by molar-refractivity contribution is 5.40. The summed E-state index contributed by atoms with van der Waals surface area (Å²) < 4.78 is 5.82. The van der Waals surface area contributed by atoms with E-state index in [0.717, 1.165) is 31.7 Å². The maximum Gasteiger partial charge on any atom is 0.124 e. The number of nitrogens with one attached hydrogen (secondary N) is 1. The zero-order valence-corrected chi connectivity index (χ0v) is 11.0. The lowest BCUT2D eigenvalue weighted by Crippen LogP contribution is -2.20. The van der Waals surface area contributed by atoms with Crippen molar-refractivity contribution in [2.45, 2.75) is 45.6 Å². The summed E-state index contributed by atoms with van der Waals surface area (Å²) in [5.74, 6) is 1.08. The monoisotopic (exact) mass is 233 g/mol. The van der Waals surface area contributed by atoms with Crippen molar-refractivity contribution < 1.29 is 4.74 Å². The van der Waals surface area contributed by atoms with Crippen LogP contribution in [0.4, 0.5) is 0 Å². The standard InChI is InChI=1S/C15H23NO/c1-3-6-12-8-9-15-13(11-12)14(16-4-2)7-5-10-17-15/h8-9,11,14,16H,3-7,10H2,1-2H3. The van der Waals surface area contributed by atoms with Crippen LogP contribution in [-0.2, 0) is 6.42 Å². The largest absolute Gasteiger partial charge is 0.493 e. The first kappa shape index (κ1) is 12.4.